The molecule has 48 heavy (non-hydrogen) atoms. The summed E-state index contributed by atoms with van der Waals surface area (Å²) in [5.41, 5.74) is 1.27. The van der Waals surface area contributed by atoms with E-state index < -0.39 is 11.6 Å². The van der Waals surface area contributed by atoms with E-state index in [-0.39, 0.29) is 62.9 Å². The number of ether oxygens (including phenoxy) is 2. The highest BCUT2D eigenvalue weighted by atomic mass is 19.1. The smallest absolute Gasteiger partial charge is 0.319 e. The first-order chi connectivity index (χ1) is 23.2. The Bertz CT molecular complexity index is 2050. The fraction of sp³-hybridized carbons (Fsp3) is 0.432. The maximum Gasteiger partial charge on any atom is 0.319 e. The lowest BCUT2D eigenvalue weighted by atomic mass is 9.95. The van der Waals surface area contributed by atoms with Crippen LogP contribution >= 0.6 is 0 Å². The second kappa shape index (κ2) is 10.7. The van der Waals surface area contributed by atoms with Crippen molar-refractivity contribution in [3.05, 3.63) is 53.6 Å². The number of halogens is 2. The summed E-state index contributed by atoms with van der Waals surface area (Å²) in [5.74, 6) is 2.73. The maximum atomic E-state index is 17.1. The second-order valence-electron chi connectivity index (χ2n) is 14.3. The predicted octanol–water partition coefficient (Wildman–Crippen LogP) is 5.04. The van der Waals surface area contributed by atoms with Crippen molar-refractivity contribution < 1.29 is 23.4 Å². The highest BCUT2D eigenvalue weighted by Crippen LogP contribution is 2.53. The Labute approximate surface area is 277 Å². The molecule has 3 saturated heterocycles. The van der Waals surface area contributed by atoms with Crippen molar-refractivity contribution in [2.75, 3.05) is 51.3 Å². The van der Waals surface area contributed by atoms with E-state index in [1.54, 1.807) is 0 Å². The molecule has 11 heteroatoms. The van der Waals surface area contributed by atoms with Gasteiger partial charge in [-0.25, -0.2) is 13.8 Å². The Morgan fingerprint density at radius 2 is 1.81 bits per heavy atom. The number of nitrogens with zero attached hydrogens (tertiary/aromatic N) is 5. The van der Waals surface area contributed by atoms with Crippen LogP contribution in [0.5, 0.6) is 17.6 Å². The number of phenols is 1. The molecule has 3 aliphatic heterocycles. The van der Waals surface area contributed by atoms with Gasteiger partial charge in [-0.2, -0.15) is 9.97 Å². The van der Waals surface area contributed by atoms with E-state index in [1.165, 1.54) is 36.9 Å². The fourth-order valence-electron chi connectivity index (χ4n) is 8.36. The molecule has 9 nitrogen and oxygen atoms in total. The number of benzene rings is 2. The number of likely N-dealkylation sites (tertiary alicyclic amines) is 1. The maximum absolute atomic E-state index is 17.1. The fourth-order valence-corrected chi connectivity index (χ4v) is 8.36. The van der Waals surface area contributed by atoms with Gasteiger partial charge < -0.3 is 29.7 Å². The molecule has 0 spiro atoms. The van der Waals surface area contributed by atoms with Crippen LogP contribution in [0.15, 0.2) is 36.4 Å². The Kier molecular flexibility index (Phi) is 6.62. The minimum absolute atomic E-state index is 0.0144. The number of nitrogens with one attached hydrogen (secondary N) is 1. The standard InChI is InChI=1S/C37H36F2N6O3/c1-4-24-28(38)8-5-20-11-23(46)12-25(29(20)24)32-31(39)33-30(35(41-32)47-3)34(45-13-21-6-7-22(14-45)40-21)43-36(42-33)48-18-37(9-10-37)17-44-15-26-19(2)27(26)16-44/h1,5,8,11-12,21-22,26-27,40,46H,2,6-7,9-10,13-18H2,3H3. The summed E-state index contributed by atoms with van der Waals surface area (Å²) in [5, 5.41) is 15.3. The van der Waals surface area contributed by atoms with Crippen LogP contribution in [0.1, 0.15) is 31.2 Å². The first-order valence-electron chi connectivity index (χ1n) is 16.7. The van der Waals surface area contributed by atoms with Crippen LogP contribution in [0.4, 0.5) is 14.6 Å². The molecule has 0 amide bonds. The molecule has 2 N–H and O–H groups in total. The van der Waals surface area contributed by atoms with Crippen molar-refractivity contribution >= 4 is 27.5 Å². The van der Waals surface area contributed by atoms with Crippen LogP contribution < -0.4 is 19.7 Å². The first-order valence-corrected chi connectivity index (χ1v) is 16.7. The summed E-state index contributed by atoms with van der Waals surface area (Å²) in [6, 6.07) is 6.16. The summed E-state index contributed by atoms with van der Waals surface area (Å²) in [6.07, 6.45) is 9.93. The molecule has 5 aliphatic rings. The molecule has 2 bridgehead atoms. The van der Waals surface area contributed by atoms with Crippen molar-refractivity contribution in [2.45, 2.75) is 37.8 Å². The summed E-state index contributed by atoms with van der Waals surface area (Å²) in [6.45, 7) is 9.04. The number of piperidine rings is 1. The molecule has 4 aromatic rings. The quantitative estimate of drug-likeness (QED) is 0.201. The number of terminal acetylenes is 1. The number of rotatable bonds is 8. The molecule has 2 aromatic heterocycles. The third-order valence-corrected chi connectivity index (χ3v) is 11.1. The van der Waals surface area contributed by atoms with Gasteiger partial charge in [-0.05, 0) is 49.3 Å². The number of fused-ring (bicyclic) bond motifs is 5. The lowest BCUT2D eigenvalue weighted by Gasteiger charge is -2.34. The molecule has 246 valence electrons. The Hall–Kier alpha value is -4.53. The van der Waals surface area contributed by atoms with E-state index in [9.17, 15) is 9.50 Å². The number of aromatic nitrogens is 3. The van der Waals surface area contributed by atoms with E-state index in [0.717, 1.165) is 45.3 Å². The van der Waals surface area contributed by atoms with E-state index in [0.29, 0.717) is 48.1 Å². The van der Waals surface area contributed by atoms with Crippen LogP contribution in [0.25, 0.3) is 32.9 Å². The number of hydrogen-bond donors (Lipinski definition) is 2. The monoisotopic (exact) mass is 650 g/mol. The molecular weight excluding hydrogens is 614 g/mol. The molecular formula is C37H36F2N6O3. The van der Waals surface area contributed by atoms with Gasteiger partial charge in [0.05, 0.1) is 19.3 Å². The molecule has 0 radical (unpaired) electrons. The summed E-state index contributed by atoms with van der Waals surface area (Å²) in [4.78, 5) is 18.8. The second-order valence-corrected chi connectivity index (χ2v) is 14.3. The van der Waals surface area contributed by atoms with Gasteiger partial charge in [0.25, 0.3) is 0 Å². The minimum atomic E-state index is -0.769. The zero-order valence-corrected chi connectivity index (χ0v) is 26.7. The Morgan fingerprint density at radius 3 is 2.50 bits per heavy atom. The predicted molar refractivity (Wildman–Crippen MR) is 178 cm³/mol. The number of anilines is 1. The normalized spacial score (nSPS) is 25.4. The molecule has 9 rings (SSSR count). The van der Waals surface area contributed by atoms with Crippen LogP contribution in [0, 0.1) is 41.2 Å². The van der Waals surface area contributed by atoms with Gasteiger partial charge in [-0.15, -0.1) is 6.42 Å². The number of piperazine rings is 1. The third-order valence-electron chi connectivity index (χ3n) is 11.1. The number of pyridine rings is 1. The molecule has 2 saturated carbocycles. The molecule has 4 atom stereocenters. The summed E-state index contributed by atoms with van der Waals surface area (Å²) in [7, 11) is 1.46. The van der Waals surface area contributed by atoms with Crippen molar-refractivity contribution in [1.29, 1.82) is 0 Å². The number of hydrogen-bond acceptors (Lipinski definition) is 9. The van der Waals surface area contributed by atoms with Gasteiger partial charge in [0, 0.05) is 73.0 Å². The van der Waals surface area contributed by atoms with Crippen molar-refractivity contribution in [3.63, 3.8) is 0 Å². The van der Waals surface area contributed by atoms with Crippen LogP contribution in [0.3, 0.4) is 0 Å². The van der Waals surface area contributed by atoms with Gasteiger partial charge in [0.2, 0.25) is 5.88 Å². The zero-order chi connectivity index (χ0) is 32.9. The largest absolute Gasteiger partial charge is 0.508 e. The molecule has 5 heterocycles. The van der Waals surface area contributed by atoms with Crippen molar-refractivity contribution in [3.8, 4) is 41.2 Å². The van der Waals surface area contributed by atoms with Gasteiger partial charge in [-0.1, -0.05) is 24.1 Å². The van der Waals surface area contributed by atoms with Gasteiger partial charge in [0.15, 0.2) is 5.82 Å². The number of methoxy groups -OCH3 is 1. The van der Waals surface area contributed by atoms with Crippen molar-refractivity contribution in [1.82, 2.24) is 25.2 Å². The van der Waals surface area contributed by atoms with Gasteiger partial charge in [-0.3, -0.25) is 0 Å². The van der Waals surface area contributed by atoms with E-state index in [2.05, 4.69) is 37.6 Å². The van der Waals surface area contributed by atoms with Crippen LogP contribution in [-0.2, 0) is 0 Å². The van der Waals surface area contributed by atoms with E-state index >= 15 is 4.39 Å². The SMILES string of the molecule is C#Cc1c(F)ccc2cc(O)cc(-c3nc(OC)c4c(N5CC6CCC(C5)N6)nc(OCC5(CN6CC7C(=C)C7C6)CC5)nc4c3F)c12. The van der Waals surface area contributed by atoms with Crippen molar-refractivity contribution in [2.24, 2.45) is 17.3 Å². The molecule has 2 aromatic carbocycles. The Balaban J connectivity index is 1.16. The number of aromatic hydroxyl groups is 1. The molecule has 4 unspecified atom stereocenters. The molecule has 2 aliphatic carbocycles. The van der Waals surface area contributed by atoms with Gasteiger partial charge >= 0.3 is 6.01 Å². The zero-order valence-electron chi connectivity index (χ0n) is 26.7. The first kappa shape index (κ1) is 29.6. The minimum Gasteiger partial charge on any atom is -0.508 e. The van der Waals surface area contributed by atoms with E-state index in [1.807, 2.05) is 0 Å². The summed E-state index contributed by atoms with van der Waals surface area (Å²) < 4.78 is 44.2. The third kappa shape index (κ3) is 4.76. The van der Waals surface area contributed by atoms with E-state index in [4.69, 9.17) is 20.9 Å². The lowest BCUT2D eigenvalue weighted by molar-refractivity contribution is 0.165. The average Bonchev–Trinajstić information content (AvgIpc) is 3.86. The average molecular weight is 651 g/mol. The van der Waals surface area contributed by atoms with Gasteiger partial charge in [0.1, 0.15) is 34.0 Å². The van der Waals surface area contributed by atoms with Crippen LogP contribution in [0.2, 0.25) is 0 Å². The highest BCUT2D eigenvalue weighted by molar-refractivity contribution is 6.04. The number of phenolic OH excluding ortho intramolecular Hbond substituents is 1. The Morgan fingerprint density at radius 1 is 1.06 bits per heavy atom. The highest BCUT2D eigenvalue weighted by Gasteiger charge is 2.53. The topological polar surface area (TPSA) is 95.9 Å². The van der Waals surface area contributed by atoms with Crippen LogP contribution in [-0.4, -0.2) is 83.5 Å². The summed E-state index contributed by atoms with van der Waals surface area (Å²) >= 11 is 0. The molecule has 5 fully saturated rings. The lowest BCUT2D eigenvalue weighted by Crippen LogP contribution is -2.51.